The van der Waals surface area contributed by atoms with Gasteiger partial charge in [0.15, 0.2) is 0 Å². The average Bonchev–Trinajstić information content (AvgIpc) is 2.53. The lowest BCUT2D eigenvalue weighted by Gasteiger charge is -2.06. The number of rotatable bonds is 4. The number of benzene rings is 2. The van der Waals surface area contributed by atoms with Gasteiger partial charge in [0.1, 0.15) is 0 Å². The molecule has 0 atom stereocenters. The Kier molecular flexibility index (Phi) is 4.52. The van der Waals surface area contributed by atoms with Gasteiger partial charge in [-0.3, -0.25) is 4.79 Å². The molecule has 0 aromatic heterocycles. The van der Waals surface area contributed by atoms with Crippen molar-refractivity contribution in [3.8, 4) is 6.07 Å². The monoisotopic (exact) mass is 264 g/mol. The van der Waals surface area contributed by atoms with Gasteiger partial charge in [-0.2, -0.15) is 5.26 Å². The Balaban J connectivity index is 1.99. The van der Waals surface area contributed by atoms with Crippen LogP contribution in [0.15, 0.2) is 48.5 Å². The zero-order chi connectivity index (χ0) is 14.4. The Hall–Kier alpha value is -2.60. The third-order valence-electron chi connectivity index (χ3n) is 3.14. The highest BCUT2D eigenvalue weighted by Gasteiger charge is 2.05. The van der Waals surface area contributed by atoms with Gasteiger partial charge < -0.3 is 5.32 Å². The molecule has 0 unspecified atom stereocenters. The van der Waals surface area contributed by atoms with E-state index >= 15 is 0 Å². The van der Waals surface area contributed by atoms with E-state index in [1.165, 1.54) is 5.56 Å². The van der Waals surface area contributed by atoms with Gasteiger partial charge in [-0.15, -0.1) is 0 Å². The highest BCUT2D eigenvalue weighted by Crippen LogP contribution is 2.07. The molecule has 0 fully saturated rings. The molecule has 3 nitrogen and oxygen atoms in total. The van der Waals surface area contributed by atoms with E-state index in [1.54, 1.807) is 24.3 Å². The van der Waals surface area contributed by atoms with Crippen LogP contribution >= 0.6 is 0 Å². The van der Waals surface area contributed by atoms with E-state index < -0.39 is 0 Å². The molecule has 3 heteroatoms. The molecule has 20 heavy (non-hydrogen) atoms. The van der Waals surface area contributed by atoms with Crippen molar-refractivity contribution in [2.24, 2.45) is 0 Å². The molecule has 0 bridgehead atoms. The van der Waals surface area contributed by atoms with Gasteiger partial charge in [0.05, 0.1) is 11.6 Å². The first-order chi connectivity index (χ1) is 9.72. The number of carbonyl (C=O) groups excluding carboxylic acids is 1. The SMILES string of the molecule is CCc1ccc(CNC(=O)c2cccc(C#N)c2)cc1. The van der Waals surface area contributed by atoms with E-state index in [9.17, 15) is 4.79 Å². The number of hydrogen-bond donors (Lipinski definition) is 1. The van der Waals surface area contributed by atoms with Crippen LogP contribution < -0.4 is 5.32 Å². The second-order valence-electron chi connectivity index (χ2n) is 4.55. The van der Waals surface area contributed by atoms with Crippen molar-refractivity contribution >= 4 is 5.91 Å². The molecule has 100 valence electrons. The fraction of sp³-hybridized carbons (Fsp3) is 0.176. The third kappa shape index (κ3) is 3.46. The topological polar surface area (TPSA) is 52.9 Å². The lowest BCUT2D eigenvalue weighted by molar-refractivity contribution is 0.0951. The zero-order valence-electron chi connectivity index (χ0n) is 11.4. The summed E-state index contributed by atoms with van der Waals surface area (Å²) in [4.78, 5) is 12.0. The highest BCUT2D eigenvalue weighted by atomic mass is 16.1. The molecule has 0 aliphatic heterocycles. The van der Waals surface area contributed by atoms with Crippen LogP contribution in [0.25, 0.3) is 0 Å². The van der Waals surface area contributed by atoms with E-state index in [0.717, 1.165) is 12.0 Å². The maximum atomic E-state index is 12.0. The maximum absolute atomic E-state index is 12.0. The van der Waals surface area contributed by atoms with E-state index in [0.29, 0.717) is 17.7 Å². The summed E-state index contributed by atoms with van der Waals surface area (Å²) in [5.41, 5.74) is 3.34. The van der Waals surface area contributed by atoms with Gasteiger partial charge in [0.2, 0.25) is 0 Å². The Morgan fingerprint density at radius 3 is 2.50 bits per heavy atom. The molecule has 2 aromatic rings. The van der Waals surface area contributed by atoms with Crippen molar-refractivity contribution in [1.29, 1.82) is 5.26 Å². The maximum Gasteiger partial charge on any atom is 0.251 e. The van der Waals surface area contributed by atoms with Gasteiger partial charge in [0, 0.05) is 12.1 Å². The minimum atomic E-state index is -0.165. The lowest BCUT2D eigenvalue weighted by Crippen LogP contribution is -2.22. The molecule has 1 amide bonds. The van der Waals surface area contributed by atoms with Gasteiger partial charge in [-0.25, -0.2) is 0 Å². The zero-order valence-corrected chi connectivity index (χ0v) is 11.4. The van der Waals surface area contributed by atoms with Crippen molar-refractivity contribution in [1.82, 2.24) is 5.32 Å². The molecule has 0 spiro atoms. The summed E-state index contributed by atoms with van der Waals surface area (Å²) >= 11 is 0. The number of amides is 1. The Labute approximate surface area is 118 Å². The first kappa shape index (κ1) is 13.8. The number of nitrogens with zero attached hydrogens (tertiary/aromatic N) is 1. The van der Waals surface area contributed by atoms with Crippen LogP contribution in [-0.2, 0) is 13.0 Å². The molecular formula is C17H16N2O. The number of nitriles is 1. The van der Waals surface area contributed by atoms with Gasteiger partial charge in [-0.1, -0.05) is 37.3 Å². The van der Waals surface area contributed by atoms with Crippen LogP contribution in [0.2, 0.25) is 0 Å². The first-order valence-electron chi connectivity index (χ1n) is 6.59. The van der Waals surface area contributed by atoms with Crippen LogP contribution in [0.3, 0.4) is 0 Å². The van der Waals surface area contributed by atoms with E-state index in [1.807, 2.05) is 18.2 Å². The molecule has 1 N–H and O–H groups in total. The standard InChI is InChI=1S/C17H16N2O/c1-2-13-6-8-14(9-7-13)12-19-17(20)16-5-3-4-15(10-16)11-18/h3-10H,2,12H2,1H3,(H,19,20). The minimum absolute atomic E-state index is 0.165. The summed E-state index contributed by atoms with van der Waals surface area (Å²) in [7, 11) is 0. The summed E-state index contributed by atoms with van der Waals surface area (Å²) in [6.07, 6.45) is 1.01. The van der Waals surface area contributed by atoms with Crippen molar-refractivity contribution < 1.29 is 4.79 Å². The summed E-state index contributed by atoms with van der Waals surface area (Å²) < 4.78 is 0. The van der Waals surface area contributed by atoms with Crippen molar-refractivity contribution in [3.63, 3.8) is 0 Å². The molecule has 2 aromatic carbocycles. The predicted molar refractivity (Wildman–Crippen MR) is 78.1 cm³/mol. The number of nitrogens with one attached hydrogen (secondary N) is 1. The Morgan fingerprint density at radius 1 is 1.15 bits per heavy atom. The summed E-state index contributed by atoms with van der Waals surface area (Å²) in [5, 5.41) is 11.7. The Morgan fingerprint density at radius 2 is 1.85 bits per heavy atom. The molecule has 0 saturated heterocycles. The van der Waals surface area contributed by atoms with Gasteiger partial charge in [-0.05, 0) is 35.7 Å². The smallest absolute Gasteiger partial charge is 0.251 e. The van der Waals surface area contributed by atoms with Crippen molar-refractivity contribution in [2.75, 3.05) is 0 Å². The number of hydrogen-bond acceptors (Lipinski definition) is 2. The van der Waals surface area contributed by atoms with E-state index in [2.05, 4.69) is 24.4 Å². The summed E-state index contributed by atoms with van der Waals surface area (Å²) in [5.74, 6) is -0.165. The fourth-order valence-electron chi connectivity index (χ4n) is 1.91. The normalized spacial score (nSPS) is 9.80. The average molecular weight is 264 g/mol. The molecule has 0 radical (unpaired) electrons. The van der Waals surface area contributed by atoms with Crippen LogP contribution in [0.4, 0.5) is 0 Å². The van der Waals surface area contributed by atoms with Crippen molar-refractivity contribution in [2.45, 2.75) is 19.9 Å². The van der Waals surface area contributed by atoms with Gasteiger partial charge >= 0.3 is 0 Å². The Bertz CT molecular complexity index is 639. The van der Waals surface area contributed by atoms with Crippen LogP contribution in [0, 0.1) is 11.3 Å². The first-order valence-corrected chi connectivity index (χ1v) is 6.59. The number of carbonyl (C=O) groups is 1. The van der Waals surface area contributed by atoms with Crippen molar-refractivity contribution in [3.05, 3.63) is 70.8 Å². The molecule has 0 aliphatic carbocycles. The second-order valence-corrected chi connectivity index (χ2v) is 4.55. The predicted octanol–water partition coefficient (Wildman–Crippen LogP) is 3.05. The largest absolute Gasteiger partial charge is 0.348 e. The second kappa shape index (κ2) is 6.53. The molecule has 0 heterocycles. The fourth-order valence-corrected chi connectivity index (χ4v) is 1.91. The highest BCUT2D eigenvalue weighted by molar-refractivity contribution is 5.94. The van der Waals surface area contributed by atoms with Gasteiger partial charge in [0.25, 0.3) is 5.91 Å². The van der Waals surface area contributed by atoms with E-state index in [4.69, 9.17) is 5.26 Å². The van der Waals surface area contributed by atoms with E-state index in [-0.39, 0.29) is 5.91 Å². The van der Waals surface area contributed by atoms with Crippen LogP contribution in [0.5, 0.6) is 0 Å². The molecule has 2 rings (SSSR count). The summed E-state index contributed by atoms with van der Waals surface area (Å²) in [6, 6.07) is 16.9. The molecular weight excluding hydrogens is 248 g/mol. The molecule has 0 saturated carbocycles. The quantitative estimate of drug-likeness (QED) is 0.922. The minimum Gasteiger partial charge on any atom is -0.348 e. The number of aryl methyl sites for hydroxylation is 1. The van der Waals surface area contributed by atoms with Crippen LogP contribution in [-0.4, -0.2) is 5.91 Å². The lowest BCUT2D eigenvalue weighted by atomic mass is 10.1. The van der Waals surface area contributed by atoms with Crippen LogP contribution in [0.1, 0.15) is 34.0 Å². The summed E-state index contributed by atoms with van der Waals surface area (Å²) in [6.45, 7) is 2.60. The third-order valence-corrected chi connectivity index (χ3v) is 3.14. The molecule has 0 aliphatic rings.